The smallest absolute Gasteiger partial charge is 0.286 e. The van der Waals surface area contributed by atoms with E-state index in [1.165, 1.54) is 18.6 Å². The summed E-state index contributed by atoms with van der Waals surface area (Å²) in [5.41, 5.74) is 4.23. The Labute approximate surface area is 169 Å². The molecule has 1 atom stereocenters. The number of fused-ring (bicyclic) bond motifs is 2. The van der Waals surface area contributed by atoms with Crippen LogP contribution in [0, 0.1) is 5.82 Å². The number of aromatic nitrogens is 3. The van der Waals surface area contributed by atoms with Gasteiger partial charge >= 0.3 is 0 Å². The number of hydrogen-bond donors (Lipinski definition) is 1. The maximum atomic E-state index is 13.5. The number of benzene rings is 2. The van der Waals surface area contributed by atoms with Crippen molar-refractivity contribution in [1.29, 1.82) is 0 Å². The van der Waals surface area contributed by atoms with Crippen molar-refractivity contribution in [3.05, 3.63) is 60.3 Å². The summed E-state index contributed by atoms with van der Waals surface area (Å²) in [5.74, 6) is 0.0385. The van der Waals surface area contributed by atoms with Gasteiger partial charge in [0.1, 0.15) is 5.82 Å². The van der Waals surface area contributed by atoms with Crippen LogP contribution in [0.2, 0.25) is 0 Å². The van der Waals surface area contributed by atoms with Crippen LogP contribution in [0.25, 0.3) is 32.8 Å². The summed E-state index contributed by atoms with van der Waals surface area (Å²) < 4.78 is 21.6. The van der Waals surface area contributed by atoms with Crippen molar-refractivity contribution in [2.45, 2.75) is 45.3 Å². The summed E-state index contributed by atoms with van der Waals surface area (Å²) in [6, 6.07) is 11.1. The van der Waals surface area contributed by atoms with Crippen LogP contribution >= 0.6 is 0 Å². The summed E-state index contributed by atoms with van der Waals surface area (Å²) in [6.45, 7) is 5.09. The summed E-state index contributed by atoms with van der Waals surface area (Å²) in [4.78, 5) is 4.79. The highest BCUT2D eigenvalue weighted by Gasteiger charge is 2.27. The Kier molecular flexibility index (Phi) is 4.55. The fourth-order valence-corrected chi connectivity index (χ4v) is 4.34. The van der Waals surface area contributed by atoms with E-state index in [1.807, 2.05) is 24.5 Å². The molecule has 0 aliphatic carbocycles. The van der Waals surface area contributed by atoms with Gasteiger partial charge in [-0.15, -0.1) is 0 Å². The molecule has 0 saturated carbocycles. The zero-order valence-electron chi connectivity index (χ0n) is 16.8. The number of H-pyrrole nitrogens is 1. The van der Waals surface area contributed by atoms with Gasteiger partial charge in [0.05, 0.1) is 23.9 Å². The van der Waals surface area contributed by atoms with Crippen molar-refractivity contribution < 1.29 is 13.8 Å². The van der Waals surface area contributed by atoms with Crippen molar-refractivity contribution in [2.75, 3.05) is 6.61 Å². The molecule has 148 valence electrons. The molecule has 5 heteroatoms. The van der Waals surface area contributed by atoms with Gasteiger partial charge in [0.15, 0.2) is 0 Å². The summed E-state index contributed by atoms with van der Waals surface area (Å²) in [5, 5.41) is 6.73. The summed E-state index contributed by atoms with van der Waals surface area (Å²) >= 11 is 0. The van der Waals surface area contributed by atoms with Crippen LogP contribution in [0.1, 0.15) is 50.9 Å². The minimum Gasteiger partial charge on any atom is -0.319 e. The zero-order chi connectivity index (χ0) is 20.0. The van der Waals surface area contributed by atoms with Crippen LogP contribution in [0.15, 0.2) is 48.8 Å². The van der Waals surface area contributed by atoms with Crippen molar-refractivity contribution in [1.82, 2.24) is 10.1 Å². The molecule has 0 bridgehead atoms. The van der Waals surface area contributed by atoms with E-state index in [9.17, 15) is 4.39 Å². The van der Waals surface area contributed by atoms with E-state index >= 15 is 0 Å². The first-order chi connectivity index (χ1) is 14.1. The van der Waals surface area contributed by atoms with E-state index in [2.05, 4.69) is 35.8 Å². The molecule has 29 heavy (non-hydrogen) atoms. The molecule has 0 amide bonds. The molecule has 1 fully saturated rings. The minimum atomic E-state index is -0.227. The second-order valence-corrected chi connectivity index (χ2v) is 8.14. The standard InChI is InChI=1S/C24H24FN3O/c1-15(2)24-23(16-6-8-19(25)9-7-16)20-11-18-14-27-28(22-5-3-4-10-29-22)21(18)12-17(20)13-26-24/h6-9,11-15,22H,3-5,10H2,1-2H3/p+1. The van der Waals surface area contributed by atoms with Crippen molar-refractivity contribution in [3.8, 4) is 11.1 Å². The van der Waals surface area contributed by atoms with Gasteiger partial charge in [0.25, 0.3) is 6.23 Å². The topological polar surface area (TPSA) is 41.8 Å². The summed E-state index contributed by atoms with van der Waals surface area (Å²) in [7, 11) is 0. The SMILES string of the molecule is CC(C)c1ncc2cc3c(c[nH][n+]3C3CCCCO3)cc2c1-c1ccc(F)cc1. The van der Waals surface area contributed by atoms with Crippen LogP contribution < -0.4 is 4.68 Å². The molecular formula is C24H25FN3O+. The van der Waals surface area contributed by atoms with Gasteiger partial charge in [-0.2, -0.15) is 5.10 Å². The molecule has 4 aromatic rings. The fraction of sp³-hybridized carbons (Fsp3) is 0.333. The number of halogens is 1. The van der Waals surface area contributed by atoms with Crippen LogP contribution in [0.5, 0.6) is 0 Å². The number of nitrogens with zero attached hydrogens (tertiary/aromatic N) is 2. The quantitative estimate of drug-likeness (QED) is 0.461. The third kappa shape index (κ3) is 3.19. The predicted molar refractivity (Wildman–Crippen MR) is 112 cm³/mol. The number of hydrogen-bond acceptors (Lipinski definition) is 2. The first-order valence-corrected chi connectivity index (χ1v) is 10.3. The number of pyridine rings is 1. The Hall–Kier alpha value is -2.79. The van der Waals surface area contributed by atoms with Gasteiger partial charge in [-0.05, 0) is 47.9 Å². The fourth-order valence-electron chi connectivity index (χ4n) is 4.34. The third-order valence-electron chi connectivity index (χ3n) is 5.81. The van der Waals surface area contributed by atoms with Gasteiger partial charge < -0.3 is 4.74 Å². The van der Waals surface area contributed by atoms with Crippen molar-refractivity contribution in [2.24, 2.45) is 0 Å². The van der Waals surface area contributed by atoms with E-state index in [0.29, 0.717) is 0 Å². The van der Waals surface area contributed by atoms with Gasteiger partial charge in [0.2, 0.25) is 5.52 Å². The molecule has 1 unspecified atom stereocenters. The molecule has 1 aliphatic heterocycles. The van der Waals surface area contributed by atoms with Gasteiger partial charge in [-0.1, -0.05) is 30.7 Å². The Morgan fingerprint density at radius 1 is 1.14 bits per heavy atom. The number of ether oxygens (including phenoxy) is 1. The first kappa shape index (κ1) is 18.3. The molecule has 3 heterocycles. The number of rotatable bonds is 3. The number of nitrogens with one attached hydrogen (secondary N) is 1. The van der Waals surface area contributed by atoms with Gasteiger partial charge in [0, 0.05) is 29.6 Å². The molecule has 5 rings (SSSR count). The second kappa shape index (κ2) is 7.23. The number of aromatic amines is 1. The van der Waals surface area contributed by atoms with Gasteiger partial charge in [-0.25, -0.2) is 4.39 Å². The average Bonchev–Trinajstić information content (AvgIpc) is 3.15. The normalized spacial score (nSPS) is 17.4. The lowest BCUT2D eigenvalue weighted by molar-refractivity contribution is -0.790. The molecule has 1 N–H and O–H groups in total. The zero-order valence-corrected chi connectivity index (χ0v) is 16.8. The lowest BCUT2D eigenvalue weighted by Crippen LogP contribution is -2.44. The lowest BCUT2D eigenvalue weighted by atomic mass is 9.92. The Morgan fingerprint density at radius 3 is 2.69 bits per heavy atom. The molecule has 1 saturated heterocycles. The minimum absolute atomic E-state index is 0.0539. The third-order valence-corrected chi connectivity index (χ3v) is 5.81. The van der Waals surface area contributed by atoms with Crippen LogP contribution in [-0.4, -0.2) is 16.7 Å². The Morgan fingerprint density at radius 2 is 1.97 bits per heavy atom. The molecule has 0 spiro atoms. The molecule has 1 aliphatic rings. The van der Waals surface area contributed by atoms with E-state index in [4.69, 9.17) is 9.72 Å². The largest absolute Gasteiger partial charge is 0.319 e. The van der Waals surface area contributed by atoms with E-state index in [1.54, 1.807) is 0 Å². The predicted octanol–water partition coefficient (Wildman–Crippen LogP) is 5.63. The van der Waals surface area contributed by atoms with Gasteiger partial charge in [-0.3, -0.25) is 4.98 Å². The van der Waals surface area contributed by atoms with E-state index in [-0.39, 0.29) is 18.0 Å². The molecule has 0 radical (unpaired) electrons. The Balaban J connectivity index is 1.74. The first-order valence-electron chi connectivity index (χ1n) is 10.3. The maximum Gasteiger partial charge on any atom is 0.286 e. The van der Waals surface area contributed by atoms with E-state index in [0.717, 1.165) is 57.9 Å². The molecule has 2 aromatic carbocycles. The highest BCUT2D eigenvalue weighted by atomic mass is 19.1. The highest BCUT2D eigenvalue weighted by molar-refractivity contribution is 6.03. The van der Waals surface area contributed by atoms with E-state index < -0.39 is 0 Å². The summed E-state index contributed by atoms with van der Waals surface area (Å²) in [6.07, 6.45) is 7.37. The van der Waals surface area contributed by atoms with Crippen LogP contribution in [-0.2, 0) is 4.74 Å². The monoisotopic (exact) mass is 390 g/mol. The lowest BCUT2D eigenvalue weighted by Gasteiger charge is -2.17. The van der Waals surface area contributed by atoms with Crippen LogP contribution in [0.3, 0.4) is 0 Å². The molecule has 4 nitrogen and oxygen atoms in total. The molecule has 2 aromatic heterocycles. The maximum absolute atomic E-state index is 13.5. The average molecular weight is 390 g/mol. The van der Waals surface area contributed by atoms with Crippen LogP contribution in [0.4, 0.5) is 4.39 Å². The molecular weight excluding hydrogens is 365 g/mol. The second-order valence-electron chi connectivity index (χ2n) is 8.14. The highest BCUT2D eigenvalue weighted by Crippen LogP contribution is 2.36. The van der Waals surface area contributed by atoms with Crippen molar-refractivity contribution in [3.63, 3.8) is 0 Å². The Bertz CT molecular complexity index is 1170. The van der Waals surface area contributed by atoms with Crippen molar-refractivity contribution >= 4 is 21.7 Å².